The molecule has 0 atom stereocenters. The molecule has 2 fully saturated rings. The van der Waals surface area contributed by atoms with Crippen LogP contribution < -0.4 is 11.1 Å². The van der Waals surface area contributed by atoms with Gasteiger partial charge in [0.1, 0.15) is 0 Å². The summed E-state index contributed by atoms with van der Waals surface area (Å²) in [5.74, 6) is 0. The van der Waals surface area contributed by atoms with Gasteiger partial charge >= 0.3 is 0 Å². The molecular weight excluding hydrogens is 184 g/mol. The minimum Gasteiger partial charge on any atom is -0.330 e. The molecule has 0 radical (unpaired) electrons. The van der Waals surface area contributed by atoms with Crippen LogP contribution in [0.15, 0.2) is 0 Å². The molecule has 2 saturated carbocycles. The van der Waals surface area contributed by atoms with Crippen LogP contribution in [0, 0.1) is 10.8 Å². The summed E-state index contributed by atoms with van der Waals surface area (Å²) in [5, 5.41) is 3.69. The van der Waals surface area contributed by atoms with Gasteiger partial charge in [-0.1, -0.05) is 19.8 Å². The molecule has 2 nitrogen and oxygen atoms in total. The predicted molar refractivity (Wildman–Crippen MR) is 64.8 cm³/mol. The van der Waals surface area contributed by atoms with Gasteiger partial charge in [-0.15, -0.1) is 0 Å². The molecule has 0 bridgehead atoms. The summed E-state index contributed by atoms with van der Waals surface area (Å²) in [7, 11) is 0. The first kappa shape index (κ1) is 11.4. The summed E-state index contributed by atoms with van der Waals surface area (Å²) in [6, 6.07) is 0. The summed E-state index contributed by atoms with van der Waals surface area (Å²) in [5.41, 5.74) is 7.05. The molecule has 0 aromatic rings. The van der Waals surface area contributed by atoms with Crippen LogP contribution in [0.4, 0.5) is 0 Å². The SMILES string of the molecule is CCC1(CNCC2(CN)CCCC2)CC1. The first-order valence-corrected chi connectivity index (χ1v) is 6.65. The molecule has 0 aromatic carbocycles. The number of hydrogen-bond donors (Lipinski definition) is 2. The highest BCUT2D eigenvalue weighted by Gasteiger charge is 2.41. The van der Waals surface area contributed by atoms with Crippen LogP contribution >= 0.6 is 0 Å². The second-order valence-electron chi connectivity index (χ2n) is 5.87. The van der Waals surface area contributed by atoms with E-state index in [1.165, 1.54) is 51.5 Å². The van der Waals surface area contributed by atoms with Crippen molar-refractivity contribution in [1.82, 2.24) is 5.32 Å². The fraction of sp³-hybridized carbons (Fsp3) is 1.00. The van der Waals surface area contributed by atoms with Crippen LogP contribution in [0.1, 0.15) is 51.9 Å². The lowest BCUT2D eigenvalue weighted by Crippen LogP contribution is -2.40. The van der Waals surface area contributed by atoms with Gasteiger partial charge in [-0.3, -0.25) is 0 Å². The van der Waals surface area contributed by atoms with Gasteiger partial charge in [0.2, 0.25) is 0 Å². The minimum absolute atomic E-state index is 0.448. The molecule has 88 valence electrons. The van der Waals surface area contributed by atoms with E-state index in [-0.39, 0.29) is 0 Å². The maximum Gasteiger partial charge on any atom is 0.00201 e. The minimum atomic E-state index is 0.448. The topological polar surface area (TPSA) is 38.0 Å². The quantitative estimate of drug-likeness (QED) is 0.706. The Hall–Kier alpha value is -0.0800. The molecule has 3 N–H and O–H groups in total. The van der Waals surface area contributed by atoms with Crippen molar-refractivity contribution < 1.29 is 0 Å². The van der Waals surface area contributed by atoms with Crippen LogP contribution in [0.5, 0.6) is 0 Å². The van der Waals surface area contributed by atoms with Crippen molar-refractivity contribution in [1.29, 1.82) is 0 Å². The second-order valence-corrected chi connectivity index (χ2v) is 5.87. The normalized spacial score (nSPS) is 26.8. The summed E-state index contributed by atoms with van der Waals surface area (Å²) in [6.07, 6.45) is 9.68. The lowest BCUT2D eigenvalue weighted by atomic mass is 9.86. The highest BCUT2D eigenvalue weighted by atomic mass is 14.9. The Balaban J connectivity index is 1.72. The van der Waals surface area contributed by atoms with Gasteiger partial charge < -0.3 is 11.1 Å². The lowest BCUT2D eigenvalue weighted by molar-refractivity contribution is 0.278. The van der Waals surface area contributed by atoms with Crippen molar-refractivity contribution in [3.05, 3.63) is 0 Å². The Morgan fingerprint density at radius 1 is 1.00 bits per heavy atom. The van der Waals surface area contributed by atoms with Crippen LogP contribution in [0.25, 0.3) is 0 Å². The van der Waals surface area contributed by atoms with Crippen molar-refractivity contribution in [3.63, 3.8) is 0 Å². The van der Waals surface area contributed by atoms with Crippen molar-refractivity contribution >= 4 is 0 Å². The highest BCUT2D eigenvalue weighted by Crippen LogP contribution is 2.48. The summed E-state index contributed by atoms with van der Waals surface area (Å²) < 4.78 is 0. The molecule has 2 aliphatic rings. The molecule has 0 unspecified atom stereocenters. The van der Waals surface area contributed by atoms with Gasteiger partial charge in [-0.2, -0.15) is 0 Å². The van der Waals surface area contributed by atoms with E-state index in [0.29, 0.717) is 10.8 Å². The Morgan fingerprint density at radius 2 is 1.60 bits per heavy atom. The zero-order valence-corrected chi connectivity index (χ0v) is 10.1. The number of hydrogen-bond acceptors (Lipinski definition) is 2. The fourth-order valence-electron chi connectivity index (χ4n) is 3.00. The zero-order valence-electron chi connectivity index (χ0n) is 10.1. The summed E-state index contributed by atoms with van der Waals surface area (Å²) in [4.78, 5) is 0. The zero-order chi connectivity index (χ0) is 10.8. The lowest BCUT2D eigenvalue weighted by Gasteiger charge is -2.28. The number of nitrogens with two attached hydrogens (primary N) is 1. The van der Waals surface area contributed by atoms with Gasteiger partial charge in [-0.25, -0.2) is 0 Å². The van der Waals surface area contributed by atoms with E-state index in [0.717, 1.165) is 13.1 Å². The van der Waals surface area contributed by atoms with Crippen molar-refractivity contribution in [2.75, 3.05) is 19.6 Å². The van der Waals surface area contributed by atoms with E-state index in [1.807, 2.05) is 0 Å². The van der Waals surface area contributed by atoms with E-state index < -0.39 is 0 Å². The molecule has 0 aliphatic heterocycles. The van der Waals surface area contributed by atoms with Crippen molar-refractivity contribution in [2.45, 2.75) is 51.9 Å². The van der Waals surface area contributed by atoms with Gasteiger partial charge in [0.25, 0.3) is 0 Å². The number of rotatable bonds is 6. The fourth-order valence-corrected chi connectivity index (χ4v) is 3.00. The first-order valence-electron chi connectivity index (χ1n) is 6.65. The third-order valence-electron chi connectivity index (χ3n) is 4.80. The van der Waals surface area contributed by atoms with E-state index >= 15 is 0 Å². The van der Waals surface area contributed by atoms with E-state index in [1.54, 1.807) is 0 Å². The Bertz CT molecular complexity index is 203. The van der Waals surface area contributed by atoms with Crippen LogP contribution in [-0.2, 0) is 0 Å². The Labute approximate surface area is 94.0 Å². The Morgan fingerprint density at radius 3 is 2.07 bits per heavy atom. The van der Waals surface area contributed by atoms with E-state index in [4.69, 9.17) is 5.73 Å². The molecule has 0 spiro atoms. The molecule has 0 heterocycles. The first-order chi connectivity index (χ1) is 7.24. The van der Waals surface area contributed by atoms with E-state index in [2.05, 4.69) is 12.2 Å². The summed E-state index contributed by atoms with van der Waals surface area (Å²) >= 11 is 0. The largest absolute Gasteiger partial charge is 0.330 e. The maximum atomic E-state index is 5.93. The molecular formula is C13H26N2. The molecule has 15 heavy (non-hydrogen) atoms. The molecule has 2 heteroatoms. The maximum absolute atomic E-state index is 5.93. The van der Waals surface area contributed by atoms with Crippen LogP contribution in [-0.4, -0.2) is 19.6 Å². The molecule has 0 saturated heterocycles. The number of nitrogens with one attached hydrogen (secondary N) is 1. The summed E-state index contributed by atoms with van der Waals surface area (Å²) in [6.45, 7) is 5.58. The van der Waals surface area contributed by atoms with Crippen LogP contribution in [0.2, 0.25) is 0 Å². The molecule has 0 aromatic heterocycles. The highest BCUT2D eigenvalue weighted by molar-refractivity contribution is 4.95. The average molecular weight is 210 g/mol. The average Bonchev–Trinajstić information content (AvgIpc) is 2.89. The van der Waals surface area contributed by atoms with Crippen molar-refractivity contribution in [2.24, 2.45) is 16.6 Å². The van der Waals surface area contributed by atoms with Gasteiger partial charge in [0.05, 0.1) is 0 Å². The van der Waals surface area contributed by atoms with Crippen LogP contribution in [0.3, 0.4) is 0 Å². The van der Waals surface area contributed by atoms with Gasteiger partial charge in [-0.05, 0) is 49.5 Å². The van der Waals surface area contributed by atoms with Crippen molar-refractivity contribution in [3.8, 4) is 0 Å². The predicted octanol–water partition coefficient (Wildman–Crippen LogP) is 2.29. The van der Waals surface area contributed by atoms with E-state index in [9.17, 15) is 0 Å². The molecule has 2 aliphatic carbocycles. The third-order valence-corrected chi connectivity index (χ3v) is 4.80. The third kappa shape index (κ3) is 2.54. The monoisotopic (exact) mass is 210 g/mol. The smallest absolute Gasteiger partial charge is 0.00201 e. The second kappa shape index (κ2) is 4.42. The van der Waals surface area contributed by atoms with Gasteiger partial charge in [0.15, 0.2) is 0 Å². The Kier molecular flexibility index (Phi) is 3.36. The van der Waals surface area contributed by atoms with Gasteiger partial charge in [0, 0.05) is 13.1 Å². The standard InChI is InChI=1S/C13H26N2/c1-2-12(7-8-12)10-15-11-13(9-14)5-3-4-6-13/h15H,2-11,14H2,1H3. The molecule has 0 amide bonds. The molecule has 2 rings (SSSR count).